The average molecular weight is 459 g/mol. The molecule has 7 atom stereocenters. The van der Waals surface area contributed by atoms with Crippen LogP contribution in [0.2, 0.25) is 0 Å². The minimum atomic E-state index is -0.950. The summed E-state index contributed by atoms with van der Waals surface area (Å²) < 4.78 is 0. The second-order valence-corrected chi connectivity index (χ2v) is 11.6. The molecule has 4 fully saturated rings. The molecular weight excluding hydrogens is 420 g/mol. The predicted molar refractivity (Wildman–Crippen MR) is 123 cm³/mol. The molecule has 0 aromatic heterocycles. The predicted octanol–water partition coefficient (Wildman–Crippen LogP) is 3.76. The number of rotatable bonds is 4. The molecule has 4 aliphatic carbocycles. The van der Waals surface area contributed by atoms with Gasteiger partial charge in [0.2, 0.25) is 0 Å². The first kappa shape index (κ1) is 22.9. The lowest BCUT2D eigenvalue weighted by Gasteiger charge is -2.57. The number of nitrogens with zero attached hydrogens (tertiary/aromatic N) is 2. The number of allylic oxidation sites excluding steroid dienone is 2. The third-order valence-corrected chi connectivity index (χ3v) is 10.2. The fourth-order valence-electron chi connectivity index (χ4n) is 8.19. The standard InChI is InChI=1S/C26H38N2O5/c1-25-11-9-17(27-33-15-23(30)28-13-3-4-21(28)24(31)32)14-16(25)5-6-18-19-7-8-22(29)26(19,2)12-10-20(18)25/h14,18-22,29H,3-13,15H2,1-2H3,(H,31,32)/b27-17-/t18?,19?,20?,21?,22?,25-,26-/m0/s1. The number of likely N-dealkylation sites (tertiary alicyclic amines) is 1. The van der Waals surface area contributed by atoms with E-state index in [1.54, 1.807) is 0 Å². The van der Waals surface area contributed by atoms with E-state index in [0.29, 0.717) is 37.1 Å². The summed E-state index contributed by atoms with van der Waals surface area (Å²) >= 11 is 0. The van der Waals surface area contributed by atoms with Crippen molar-refractivity contribution < 1.29 is 24.6 Å². The number of aliphatic hydroxyl groups is 1. The quantitative estimate of drug-likeness (QED) is 0.625. The number of carbonyl (C=O) groups excluding carboxylic acids is 1. The number of amides is 1. The van der Waals surface area contributed by atoms with Gasteiger partial charge in [0.1, 0.15) is 6.04 Å². The van der Waals surface area contributed by atoms with E-state index in [9.17, 15) is 19.8 Å². The molecule has 5 aliphatic rings. The van der Waals surface area contributed by atoms with Crippen molar-refractivity contribution in [1.82, 2.24) is 4.90 Å². The Bertz CT molecular complexity index is 884. The maximum Gasteiger partial charge on any atom is 0.326 e. The Labute approximate surface area is 196 Å². The van der Waals surface area contributed by atoms with Crippen molar-refractivity contribution >= 4 is 17.6 Å². The van der Waals surface area contributed by atoms with Crippen molar-refractivity contribution in [3.8, 4) is 0 Å². The molecule has 0 radical (unpaired) electrons. The summed E-state index contributed by atoms with van der Waals surface area (Å²) in [4.78, 5) is 30.5. The Morgan fingerprint density at radius 1 is 1.12 bits per heavy atom. The van der Waals surface area contributed by atoms with Crippen molar-refractivity contribution in [2.24, 2.45) is 33.7 Å². The van der Waals surface area contributed by atoms with E-state index in [0.717, 1.165) is 37.8 Å². The topological polar surface area (TPSA) is 99.4 Å². The number of carbonyl (C=O) groups is 2. The summed E-state index contributed by atoms with van der Waals surface area (Å²) in [5, 5.41) is 24.2. The van der Waals surface area contributed by atoms with Gasteiger partial charge < -0.3 is 20.0 Å². The highest BCUT2D eigenvalue weighted by molar-refractivity contribution is 5.96. The normalized spacial score (nSPS) is 43.5. The second kappa shape index (κ2) is 8.40. The van der Waals surface area contributed by atoms with Gasteiger partial charge in [0.15, 0.2) is 6.61 Å². The Kier molecular flexibility index (Phi) is 5.82. The van der Waals surface area contributed by atoms with Gasteiger partial charge in [0.25, 0.3) is 5.91 Å². The van der Waals surface area contributed by atoms with Crippen LogP contribution < -0.4 is 0 Å². The van der Waals surface area contributed by atoms with Crippen LogP contribution in [-0.2, 0) is 14.4 Å². The van der Waals surface area contributed by atoms with Crippen molar-refractivity contribution in [1.29, 1.82) is 0 Å². The number of hydrogen-bond acceptors (Lipinski definition) is 5. The smallest absolute Gasteiger partial charge is 0.326 e. The molecule has 0 spiro atoms. The van der Waals surface area contributed by atoms with Crippen molar-refractivity contribution in [3.05, 3.63) is 11.6 Å². The highest BCUT2D eigenvalue weighted by atomic mass is 16.6. The van der Waals surface area contributed by atoms with E-state index in [4.69, 9.17) is 4.84 Å². The van der Waals surface area contributed by atoms with Gasteiger partial charge in [0.05, 0.1) is 11.8 Å². The Hall–Kier alpha value is -1.89. The first-order chi connectivity index (χ1) is 15.7. The molecule has 7 heteroatoms. The third-order valence-electron chi connectivity index (χ3n) is 10.2. The maximum atomic E-state index is 12.4. The van der Waals surface area contributed by atoms with Crippen molar-refractivity contribution in [2.45, 2.75) is 90.2 Å². The number of oxime groups is 1. The van der Waals surface area contributed by atoms with Gasteiger partial charge in [-0.15, -0.1) is 0 Å². The van der Waals surface area contributed by atoms with E-state index < -0.39 is 12.0 Å². The van der Waals surface area contributed by atoms with E-state index in [1.807, 2.05) is 0 Å². The van der Waals surface area contributed by atoms with Crippen LogP contribution in [0.25, 0.3) is 0 Å². The molecule has 182 valence electrons. The van der Waals surface area contributed by atoms with Gasteiger partial charge in [-0.1, -0.05) is 24.6 Å². The van der Waals surface area contributed by atoms with E-state index in [1.165, 1.54) is 29.7 Å². The maximum absolute atomic E-state index is 12.4. The molecule has 2 N–H and O–H groups in total. The van der Waals surface area contributed by atoms with Crippen LogP contribution in [0.15, 0.2) is 16.8 Å². The monoisotopic (exact) mass is 458 g/mol. The van der Waals surface area contributed by atoms with Crippen molar-refractivity contribution in [2.75, 3.05) is 13.2 Å². The minimum Gasteiger partial charge on any atom is -0.480 e. The molecule has 1 aliphatic heterocycles. The number of aliphatic carboxylic acids is 1. The summed E-state index contributed by atoms with van der Waals surface area (Å²) in [6.07, 6.45) is 11.9. The lowest BCUT2D eigenvalue weighted by molar-refractivity contribution is -0.150. The highest BCUT2D eigenvalue weighted by Crippen LogP contribution is 2.65. The zero-order valence-electron chi connectivity index (χ0n) is 20.0. The van der Waals surface area contributed by atoms with E-state index >= 15 is 0 Å². The second-order valence-electron chi connectivity index (χ2n) is 11.6. The van der Waals surface area contributed by atoms with Crippen LogP contribution in [0, 0.1) is 28.6 Å². The molecule has 1 saturated heterocycles. The van der Waals surface area contributed by atoms with Crippen LogP contribution in [0.4, 0.5) is 0 Å². The molecule has 0 bridgehead atoms. The summed E-state index contributed by atoms with van der Waals surface area (Å²) in [5.41, 5.74) is 2.66. The number of carboxylic acids is 1. The van der Waals surface area contributed by atoms with Crippen LogP contribution in [0.1, 0.15) is 78.1 Å². The molecule has 0 aromatic rings. The van der Waals surface area contributed by atoms with Gasteiger partial charge in [-0.3, -0.25) is 4.79 Å². The largest absolute Gasteiger partial charge is 0.480 e. The SMILES string of the molecule is C[C@]12CCC3C(CCC4=C/C(=N\OCC(=O)N5CCCC5C(=O)O)CC[C@@]43C)C1CCC2O. The minimum absolute atomic E-state index is 0.107. The number of aliphatic hydroxyl groups excluding tert-OH is 1. The molecule has 1 amide bonds. The highest BCUT2D eigenvalue weighted by Gasteiger charge is 2.58. The average Bonchev–Trinajstić information content (AvgIpc) is 3.39. The Balaban J connectivity index is 1.24. The van der Waals surface area contributed by atoms with Crippen LogP contribution in [-0.4, -0.2) is 58.0 Å². The lowest BCUT2D eigenvalue weighted by Crippen LogP contribution is -2.51. The first-order valence-corrected chi connectivity index (χ1v) is 12.8. The molecule has 5 rings (SSSR count). The first-order valence-electron chi connectivity index (χ1n) is 12.8. The summed E-state index contributed by atoms with van der Waals surface area (Å²) in [6, 6.07) is -0.736. The summed E-state index contributed by atoms with van der Waals surface area (Å²) in [7, 11) is 0. The summed E-state index contributed by atoms with van der Waals surface area (Å²) in [5.74, 6) is 0.775. The van der Waals surface area contributed by atoms with Crippen LogP contribution in [0.5, 0.6) is 0 Å². The van der Waals surface area contributed by atoms with Crippen molar-refractivity contribution in [3.63, 3.8) is 0 Å². The number of fused-ring (bicyclic) bond motifs is 5. The number of carboxylic acid groups (broad SMARTS) is 1. The molecule has 7 nitrogen and oxygen atoms in total. The summed E-state index contributed by atoms with van der Waals surface area (Å²) in [6.45, 7) is 5.02. The lowest BCUT2D eigenvalue weighted by atomic mass is 9.47. The zero-order chi connectivity index (χ0) is 23.4. The van der Waals surface area contributed by atoms with E-state index in [2.05, 4.69) is 25.1 Å². The van der Waals surface area contributed by atoms with Gasteiger partial charge in [-0.05, 0) is 98.9 Å². The zero-order valence-corrected chi connectivity index (χ0v) is 20.0. The van der Waals surface area contributed by atoms with Gasteiger partial charge in [-0.25, -0.2) is 4.79 Å². The van der Waals surface area contributed by atoms with Gasteiger partial charge in [0, 0.05) is 6.54 Å². The molecule has 1 heterocycles. The van der Waals surface area contributed by atoms with Gasteiger partial charge in [-0.2, -0.15) is 0 Å². The van der Waals surface area contributed by atoms with Gasteiger partial charge >= 0.3 is 5.97 Å². The van der Waals surface area contributed by atoms with E-state index in [-0.39, 0.29) is 29.4 Å². The Morgan fingerprint density at radius 3 is 2.73 bits per heavy atom. The van der Waals surface area contributed by atoms with Crippen LogP contribution in [0.3, 0.4) is 0 Å². The number of hydrogen-bond donors (Lipinski definition) is 2. The fourth-order valence-corrected chi connectivity index (χ4v) is 8.19. The molecule has 0 aromatic carbocycles. The third kappa shape index (κ3) is 3.71. The molecule has 33 heavy (non-hydrogen) atoms. The molecule has 5 unspecified atom stereocenters. The fraction of sp³-hybridized carbons (Fsp3) is 0.808. The molecular formula is C26H38N2O5. The molecule has 3 saturated carbocycles. The Morgan fingerprint density at radius 2 is 1.94 bits per heavy atom. The van der Waals surface area contributed by atoms with Crippen LogP contribution >= 0.6 is 0 Å².